The highest BCUT2D eigenvalue weighted by molar-refractivity contribution is 7.89. The monoisotopic (exact) mass is 308 g/mol. The van der Waals surface area contributed by atoms with Crippen molar-refractivity contribution in [2.24, 2.45) is 5.73 Å². The number of hydrogen-bond acceptors (Lipinski definition) is 4. The van der Waals surface area contributed by atoms with E-state index in [1.54, 1.807) is 10.7 Å². The van der Waals surface area contributed by atoms with Crippen LogP contribution in [0, 0.1) is 0 Å². The molecule has 0 unspecified atom stereocenters. The summed E-state index contributed by atoms with van der Waals surface area (Å²) in [6, 6.07) is 1.69. The van der Waals surface area contributed by atoms with Crippen molar-refractivity contribution in [2.75, 3.05) is 13.1 Å². The van der Waals surface area contributed by atoms with Crippen molar-refractivity contribution in [3.05, 3.63) is 12.3 Å². The van der Waals surface area contributed by atoms with E-state index in [0.717, 1.165) is 19.3 Å². The maximum Gasteiger partial charge on any atom is 0.260 e. The number of nitrogens with zero attached hydrogens (tertiary/aromatic N) is 3. The first-order valence-corrected chi connectivity index (χ1v) is 7.77. The number of sulfonamides is 1. The van der Waals surface area contributed by atoms with Gasteiger partial charge in [-0.25, -0.2) is 8.42 Å². The molecule has 8 heteroatoms. The van der Waals surface area contributed by atoms with E-state index in [9.17, 15) is 8.42 Å². The van der Waals surface area contributed by atoms with Gasteiger partial charge in [0.2, 0.25) is 0 Å². The van der Waals surface area contributed by atoms with Gasteiger partial charge in [-0.2, -0.15) is 9.40 Å². The molecule has 2 N–H and O–H groups in total. The third-order valence-corrected chi connectivity index (χ3v) is 5.14. The van der Waals surface area contributed by atoms with Crippen molar-refractivity contribution in [1.82, 2.24) is 14.1 Å². The van der Waals surface area contributed by atoms with Crippen LogP contribution in [0.5, 0.6) is 0 Å². The van der Waals surface area contributed by atoms with Gasteiger partial charge in [-0.1, -0.05) is 6.92 Å². The van der Waals surface area contributed by atoms with E-state index in [1.165, 1.54) is 10.5 Å². The quantitative estimate of drug-likeness (QED) is 0.893. The molecule has 0 aliphatic carbocycles. The summed E-state index contributed by atoms with van der Waals surface area (Å²) in [4.78, 5) is 0. The summed E-state index contributed by atoms with van der Waals surface area (Å²) in [5, 5.41) is 4.36. The summed E-state index contributed by atoms with van der Waals surface area (Å²) in [5.41, 5.74) is 5.80. The first-order valence-electron chi connectivity index (χ1n) is 6.33. The van der Waals surface area contributed by atoms with Gasteiger partial charge >= 0.3 is 0 Å². The maximum absolute atomic E-state index is 12.5. The fourth-order valence-corrected chi connectivity index (χ4v) is 3.76. The molecule has 1 aromatic rings. The number of piperidine rings is 1. The van der Waals surface area contributed by atoms with Crippen LogP contribution in [0.3, 0.4) is 0 Å². The average Bonchev–Trinajstić information content (AvgIpc) is 2.79. The lowest BCUT2D eigenvalue weighted by atomic mass is 10.1. The zero-order valence-electron chi connectivity index (χ0n) is 11.0. The van der Waals surface area contributed by atoms with E-state index in [4.69, 9.17) is 5.73 Å². The van der Waals surface area contributed by atoms with Crippen LogP contribution in [0.15, 0.2) is 17.3 Å². The van der Waals surface area contributed by atoms with Crippen molar-refractivity contribution in [2.45, 2.75) is 43.8 Å². The minimum Gasteiger partial charge on any atom is -0.328 e. The Bertz CT molecular complexity index is 495. The van der Waals surface area contributed by atoms with Gasteiger partial charge in [0, 0.05) is 25.7 Å². The maximum atomic E-state index is 12.5. The lowest BCUT2D eigenvalue weighted by Gasteiger charge is -2.29. The first kappa shape index (κ1) is 16.4. The molecule has 1 aliphatic heterocycles. The lowest BCUT2D eigenvalue weighted by molar-refractivity contribution is 0.317. The highest BCUT2D eigenvalue weighted by Gasteiger charge is 2.30. The molecule has 0 atom stereocenters. The Hall–Kier alpha value is -0.630. The van der Waals surface area contributed by atoms with E-state index in [-0.39, 0.29) is 18.4 Å². The van der Waals surface area contributed by atoms with Crippen molar-refractivity contribution >= 4 is 22.4 Å². The Morgan fingerprint density at radius 1 is 1.42 bits per heavy atom. The van der Waals surface area contributed by atoms with Gasteiger partial charge in [0.25, 0.3) is 10.0 Å². The second-order valence-electron chi connectivity index (χ2n) is 4.63. The SMILES string of the molecule is CCCn1nccc1S(=O)(=O)N1CCC(N)CC1.Cl. The zero-order chi connectivity index (χ0) is 13.2. The van der Waals surface area contributed by atoms with E-state index >= 15 is 0 Å². The second-order valence-corrected chi connectivity index (χ2v) is 6.52. The van der Waals surface area contributed by atoms with Crippen LogP contribution in [0.4, 0.5) is 0 Å². The highest BCUT2D eigenvalue weighted by atomic mass is 35.5. The number of nitrogens with two attached hydrogens (primary N) is 1. The number of aryl methyl sites for hydroxylation is 1. The fourth-order valence-electron chi connectivity index (χ4n) is 2.17. The molecule has 0 bridgehead atoms. The van der Waals surface area contributed by atoms with Crippen LogP contribution in [0.2, 0.25) is 0 Å². The molecule has 1 aliphatic rings. The Labute approximate surface area is 120 Å². The van der Waals surface area contributed by atoms with Crippen molar-refractivity contribution in [1.29, 1.82) is 0 Å². The summed E-state index contributed by atoms with van der Waals surface area (Å²) >= 11 is 0. The Kier molecular flexibility index (Phi) is 5.79. The molecule has 0 aromatic carbocycles. The van der Waals surface area contributed by atoms with Crippen LogP contribution in [-0.4, -0.2) is 41.6 Å². The zero-order valence-corrected chi connectivity index (χ0v) is 12.7. The lowest BCUT2D eigenvalue weighted by Crippen LogP contribution is -2.43. The van der Waals surface area contributed by atoms with Gasteiger partial charge in [-0.3, -0.25) is 4.68 Å². The van der Waals surface area contributed by atoms with Gasteiger partial charge in [0.1, 0.15) is 0 Å². The van der Waals surface area contributed by atoms with Crippen LogP contribution < -0.4 is 5.73 Å². The molecule has 19 heavy (non-hydrogen) atoms. The van der Waals surface area contributed by atoms with Crippen molar-refractivity contribution in [3.63, 3.8) is 0 Å². The smallest absolute Gasteiger partial charge is 0.260 e. The van der Waals surface area contributed by atoms with E-state index in [1.807, 2.05) is 6.92 Å². The summed E-state index contributed by atoms with van der Waals surface area (Å²) < 4.78 is 28.0. The topological polar surface area (TPSA) is 81.2 Å². The second kappa shape index (κ2) is 6.69. The van der Waals surface area contributed by atoms with Gasteiger partial charge in [-0.05, 0) is 25.3 Å². The predicted molar refractivity (Wildman–Crippen MR) is 75.7 cm³/mol. The molecular formula is C11H21ClN4O2S. The largest absolute Gasteiger partial charge is 0.328 e. The Balaban J connectivity index is 0.00000180. The number of hydrogen-bond donors (Lipinski definition) is 1. The molecule has 0 radical (unpaired) electrons. The molecule has 2 heterocycles. The minimum absolute atomic E-state index is 0. The van der Waals surface area contributed by atoms with Gasteiger partial charge in [0.15, 0.2) is 5.03 Å². The molecule has 1 fully saturated rings. The van der Waals surface area contributed by atoms with Crippen LogP contribution in [0.25, 0.3) is 0 Å². The summed E-state index contributed by atoms with van der Waals surface area (Å²) in [7, 11) is -3.42. The molecule has 0 spiro atoms. The molecule has 110 valence electrons. The normalized spacial score (nSPS) is 18.2. The molecule has 1 aromatic heterocycles. The fraction of sp³-hybridized carbons (Fsp3) is 0.727. The van der Waals surface area contributed by atoms with E-state index in [0.29, 0.717) is 24.7 Å². The van der Waals surface area contributed by atoms with Crippen LogP contribution in [-0.2, 0) is 16.6 Å². The van der Waals surface area contributed by atoms with Crippen LogP contribution in [0.1, 0.15) is 26.2 Å². The minimum atomic E-state index is -3.42. The van der Waals surface area contributed by atoms with Gasteiger partial charge in [0.05, 0.1) is 6.20 Å². The summed E-state index contributed by atoms with van der Waals surface area (Å²) in [6.07, 6.45) is 3.84. The van der Waals surface area contributed by atoms with Crippen molar-refractivity contribution < 1.29 is 8.42 Å². The Morgan fingerprint density at radius 3 is 2.63 bits per heavy atom. The van der Waals surface area contributed by atoms with E-state index < -0.39 is 10.0 Å². The Morgan fingerprint density at radius 2 is 2.05 bits per heavy atom. The van der Waals surface area contributed by atoms with Gasteiger partial charge in [-0.15, -0.1) is 12.4 Å². The third-order valence-electron chi connectivity index (χ3n) is 3.22. The first-order chi connectivity index (χ1) is 8.55. The molecule has 0 saturated carbocycles. The summed E-state index contributed by atoms with van der Waals surface area (Å²) in [6.45, 7) is 3.62. The van der Waals surface area contributed by atoms with E-state index in [2.05, 4.69) is 5.10 Å². The van der Waals surface area contributed by atoms with Gasteiger partial charge < -0.3 is 5.73 Å². The van der Waals surface area contributed by atoms with Crippen molar-refractivity contribution in [3.8, 4) is 0 Å². The predicted octanol–water partition coefficient (Wildman–Crippen LogP) is 0.827. The standard InChI is InChI=1S/C11H20N4O2S.ClH/c1-2-7-15-11(3-6-13-15)18(16,17)14-8-4-10(12)5-9-14;/h3,6,10H,2,4-5,7-9,12H2,1H3;1H. The average molecular weight is 309 g/mol. The number of halogens is 1. The molecule has 2 rings (SSSR count). The number of aromatic nitrogens is 2. The molecular weight excluding hydrogens is 288 g/mol. The summed E-state index contributed by atoms with van der Waals surface area (Å²) in [5.74, 6) is 0. The number of rotatable bonds is 4. The highest BCUT2D eigenvalue weighted by Crippen LogP contribution is 2.20. The molecule has 6 nitrogen and oxygen atoms in total. The third kappa shape index (κ3) is 3.47. The molecule has 1 saturated heterocycles. The van der Waals surface area contributed by atoms with Crippen LogP contribution >= 0.6 is 12.4 Å². The molecule has 0 amide bonds.